The van der Waals surface area contributed by atoms with Gasteiger partial charge < -0.3 is 15.0 Å². The van der Waals surface area contributed by atoms with Crippen molar-refractivity contribution in [2.45, 2.75) is 36.8 Å². The molecule has 210 valence electrons. The highest BCUT2D eigenvalue weighted by Crippen LogP contribution is 2.41. The molecule has 39 heavy (non-hydrogen) atoms. The van der Waals surface area contributed by atoms with Crippen molar-refractivity contribution in [3.05, 3.63) is 58.4 Å². The second kappa shape index (κ2) is 11.4. The quantitative estimate of drug-likeness (QED) is 0.305. The van der Waals surface area contributed by atoms with E-state index in [1.54, 1.807) is 38.1 Å². The van der Waals surface area contributed by atoms with E-state index < -0.39 is 33.6 Å². The van der Waals surface area contributed by atoms with Gasteiger partial charge in [0.2, 0.25) is 5.91 Å². The van der Waals surface area contributed by atoms with E-state index in [1.165, 1.54) is 6.07 Å². The van der Waals surface area contributed by atoms with Crippen molar-refractivity contribution < 1.29 is 31.1 Å². The summed E-state index contributed by atoms with van der Waals surface area (Å²) in [6.45, 7) is 4.68. The van der Waals surface area contributed by atoms with Crippen LogP contribution in [0.25, 0.3) is 11.1 Å². The number of rotatable bonds is 8. The third kappa shape index (κ3) is 7.05. The van der Waals surface area contributed by atoms with Crippen LogP contribution < -0.4 is 14.8 Å². The van der Waals surface area contributed by atoms with E-state index in [2.05, 4.69) is 10.0 Å². The largest absolute Gasteiger partial charge is 0.488 e. The van der Waals surface area contributed by atoms with Gasteiger partial charge in [0.25, 0.3) is 10.0 Å². The highest BCUT2D eigenvalue weighted by molar-refractivity contribution is 7.94. The molecule has 0 bridgehead atoms. The molecule has 1 aliphatic heterocycles. The van der Waals surface area contributed by atoms with Crippen LogP contribution in [-0.4, -0.2) is 45.5 Å². The van der Waals surface area contributed by atoms with Crippen molar-refractivity contribution in [2.24, 2.45) is 5.92 Å². The number of amides is 1. The Morgan fingerprint density at radius 2 is 1.90 bits per heavy atom. The van der Waals surface area contributed by atoms with Crippen LogP contribution in [0.15, 0.2) is 52.7 Å². The molecule has 1 fully saturated rings. The zero-order valence-electron chi connectivity index (χ0n) is 21.3. The zero-order chi connectivity index (χ0) is 28.5. The van der Waals surface area contributed by atoms with Gasteiger partial charge in [-0.15, -0.1) is 11.3 Å². The molecule has 1 unspecified atom stereocenters. The SMILES string of the molecule is CC(C)C(=O)Nc1cccc(-c2cc(S(=O)(=O)Nc3ccc(C(F)(F)F)c(OC4CCN(C)C4)c3)sc2Cl)c1. The molecule has 0 saturated carbocycles. The monoisotopic (exact) mass is 601 g/mol. The molecule has 1 saturated heterocycles. The van der Waals surface area contributed by atoms with Crippen LogP contribution in [0.5, 0.6) is 5.75 Å². The van der Waals surface area contributed by atoms with Crippen molar-refractivity contribution in [3.63, 3.8) is 0 Å². The van der Waals surface area contributed by atoms with Gasteiger partial charge in [-0.1, -0.05) is 37.6 Å². The van der Waals surface area contributed by atoms with Crippen LogP contribution in [-0.2, 0) is 21.0 Å². The first-order valence-electron chi connectivity index (χ1n) is 12.0. The van der Waals surface area contributed by atoms with Crippen LogP contribution >= 0.6 is 22.9 Å². The van der Waals surface area contributed by atoms with Gasteiger partial charge in [-0.2, -0.15) is 13.2 Å². The number of benzene rings is 2. The molecule has 2 aromatic carbocycles. The normalized spacial score (nSPS) is 16.5. The number of sulfonamides is 1. The highest BCUT2D eigenvalue weighted by atomic mass is 35.5. The van der Waals surface area contributed by atoms with E-state index in [-0.39, 0.29) is 26.1 Å². The number of nitrogens with zero attached hydrogens (tertiary/aromatic N) is 1. The predicted octanol–water partition coefficient (Wildman–Crippen LogP) is 6.57. The number of nitrogens with one attached hydrogen (secondary N) is 2. The molecule has 1 aromatic heterocycles. The Balaban J connectivity index is 1.59. The maximum atomic E-state index is 13.6. The Bertz CT molecular complexity index is 1480. The molecule has 1 atom stereocenters. The molecule has 3 aromatic rings. The van der Waals surface area contributed by atoms with Crippen LogP contribution in [0, 0.1) is 5.92 Å². The molecule has 1 amide bonds. The minimum absolute atomic E-state index is 0.0752. The van der Waals surface area contributed by atoms with Crippen molar-refractivity contribution in [2.75, 3.05) is 30.2 Å². The number of ether oxygens (including phenoxy) is 1. The molecule has 4 rings (SSSR count). The number of hydrogen-bond donors (Lipinski definition) is 2. The summed E-state index contributed by atoms with van der Waals surface area (Å²) in [6, 6.07) is 11.1. The van der Waals surface area contributed by atoms with E-state index in [0.717, 1.165) is 29.5 Å². The molecule has 2 heterocycles. The van der Waals surface area contributed by atoms with Gasteiger partial charge in [0.05, 0.1) is 11.3 Å². The molecule has 13 heteroatoms. The summed E-state index contributed by atoms with van der Waals surface area (Å²) in [7, 11) is -2.35. The van der Waals surface area contributed by atoms with Crippen LogP contribution in [0.2, 0.25) is 4.34 Å². The van der Waals surface area contributed by atoms with Crippen molar-refractivity contribution in [3.8, 4) is 16.9 Å². The van der Waals surface area contributed by atoms with Gasteiger partial charge in [-0.25, -0.2) is 8.42 Å². The summed E-state index contributed by atoms with van der Waals surface area (Å²) in [4.78, 5) is 14.0. The lowest BCUT2D eigenvalue weighted by Gasteiger charge is -2.19. The fraction of sp³-hybridized carbons (Fsp3) is 0.346. The molecule has 0 spiro atoms. The van der Waals surface area contributed by atoms with E-state index in [4.69, 9.17) is 16.3 Å². The number of alkyl halides is 3. The highest BCUT2D eigenvalue weighted by Gasteiger charge is 2.36. The summed E-state index contributed by atoms with van der Waals surface area (Å²) >= 11 is 7.20. The van der Waals surface area contributed by atoms with Crippen molar-refractivity contribution >= 4 is 50.2 Å². The second-order valence-corrected chi connectivity index (χ2v) is 13.1. The number of hydrogen-bond acceptors (Lipinski definition) is 6. The molecule has 7 nitrogen and oxygen atoms in total. The first-order valence-corrected chi connectivity index (χ1v) is 14.7. The summed E-state index contributed by atoms with van der Waals surface area (Å²) in [5.74, 6) is -0.833. The maximum Gasteiger partial charge on any atom is 0.419 e. The third-order valence-electron chi connectivity index (χ3n) is 6.08. The van der Waals surface area contributed by atoms with E-state index in [1.807, 2.05) is 11.9 Å². The zero-order valence-corrected chi connectivity index (χ0v) is 23.7. The van der Waals surface area contributed by atoms with Gasteiger partial charge in [0, 0.05) is 36.3 Å². The molecule has 2 N–H and O–H groups in total. The van der Waals surface area contributed by atoms with Gasteiger partial charge in [-0.3, -0.25) is 9.52 Å². The number of likely N-dealkylation sites (N-methyl/N-ethyl adjacent to an activating group) is 1. The lowest BCUT2D eigenvalue weighted by molar-refractivity contribution is -0.139. The average molecular weight is 602 g/mol. The topological polar surface area (TPSA) is 87.7 Å². The predicted molar refractivity (Wildman–Crippen MR) is 147 cm³/mol. The number of halogens is 4. The Kier molecular flexibility index (Phi) is 8.50. The summed E-state index contributed by atoms with van der Waals surface area (Å²) in [5.41, 5.74) is 0.497. The Morgan fingerprint density at radius 3 is 2.54 bits per heavy atom. The average Bonchev–Trinajstić information content (AvgIpc) is 3.43. The van der Waals surface area contributed by atoms with Gasteiger partial charge in [-0.05, 0) is 49.4 Å². The van der Waals surface area contributed by atoms with Gasteiger partial charge in [0.1, 0.15) is 20.4 Å². The number of thiophene rings is 1. The molecule has 0 radical (unpaired) electrons. The minimum Gasteiger partial charge on any atom is -0.488 e. The first-order chi connectivity index (χ1) is 18.2. The Labute approximate surface area is 234 Å². The fourth-order valence-corrected chi connectivity index (χ4v) is 6.84. The first kappa shape index (κ1) is 29.2. The molecule has 1 aliphatic rings. The lowest BCUT2D eigenvalue weighted by atomic mass is 10.1. The number of likely N-dealkylation sites (tertiary alicyclic amines) is 1. The smallest absolute Gasteiger partial charge is 0.419 e. The van der Waals surface area contributed by atoms with Gasteiger partial charge in [0.15, 0.2) is 0 Å². The summed E-state index contributed by atoms with van der Waals surface area (Å²) in [5, 5.41) is 2.79. The minimum atomic E-state index is -4.67. The van der Waals surface area contributed by atoms with Crippen LogP contribution in [0.4, 0.5) is 24.5 Å². The third-order valence-corrected chi connectivity index (χ3v) is 9.29. The van der Waals surface area contributed by atoms with Crippen LogP contribution in [0.3, 0.4) is 0 Å². The second-order valence-electron chi connectivity index (χ2n) is 9.58. The van der Waals surface area contributed by atoms with E-state index in [9.17, 15) is 26.4 Å². The maximum absolute atomic E-state index is 13.6. The fourth-order valence-electron chi connectivity index (χ4n) is 4.02. The van der Waals surface area contributed by atoms with Gasteiger partial charge >= 0.3 is 6.18 Å². The summed E-state index contributed by atoms with van der Waals surface area (Å²) in [6.07, 6.45) is -4.55. The standard InChI is InChI=1S/C26H27ClF3N3O4S2/c1-15(2)25(34)31-17-6-4-5-16(11-17)20-13-23(38-24(20)27)39(35,36)32-18-7-8-21(26(28,29)30)22(12-18)37-19-9-10-33(3)14-19/h4-8,11-13,15,19,32H,9-10,14H2,1-3H3,(H,31,34). The number of anilines is 2. The number of carbonyl (C=O) groups excluding carboxylic acids is 1. The Hall–Kier alpha value is -2.80. The van der Waals surface area contributed by atoms with E-state index >= 15 is 0 Å². The molecular formula is C26H27ClF3N3O4S2. The number of carbonyl (C=O) groups is 1. The van der Waals surface area contributed by atoms with E-state index in [0.29, 0.717) is 36.3 Å². The lowest BCUT2D eigenvalue weighted by Crippen LogP contribution is -2.23. The molecule has 0 aliphatic carbocycles. The van der Waals surface area contributed by atoms with Crippen LogP contribution in [0.1, 0.15) is 25.8 Å². The molecular weight excluding hydrogens is 575 g/mol. The van der Waals surface area contributed by atoms with Crippen molar-refractivity contribution in [1.29, 1.82) is 0 Å². The van der Waals surface area contributed by atoms with Crippen molar-refractivity contribution in [1.82, 2.24) is 4.90 Å². The summed E-state index contributed by atoms with van der Waals surface area (Å²) < 4.78 is 75.3. The Morgan fingerprint density at radius 1 is 1.15 bits per heavy atom.